The molecule has 0 saturated carbocycles. The highest BCUT2D eigenvalue weighted by molar-refractivity contribution is 5.50. The standard InChI is InChI=1S/C19H26N2O2/c1-15(2)14-23-19-9-5-7-17(13-19)21-11-10-20-16-6-4-8-18(12-16)22-3/h4-9,12-13,15,20-21H,10-11,14H2,1-3H3. The van der Waals surface area contributed by atoms with Gasteiger partial charge in [-0.2, -0.15) is 0 Å². The van der Waals surface area contributed by atoms with Crippen molar-refractivity contribution in [2.75, 3.05) is 37.4 Å². The van der Waals surface area contributed by atoms with Crippen molar-refractivity contribution < 1.29 is 9.47 Å². The highest BCUT2D eigenvalue weighted by Gasteiger charge is 1.99. The Hall–Kier alpha value is -2.36. The Kier molecular flexibility index (Phi) is 6.60. The molecule has 4 nitrogen and oxygen atoms in total. The molecule has 0 aliphatic heterocycles. The molecule has 0 unspecified atom stereocenters. The minimum Gasteiger partial charge on any atom is -0.497 e. The Bertz CT molecular complexity index is 599. The van der Waals surface area contributed by atoms with Gasteiger partial charge in [-0.3, -0.25) is 0 Å². The maximum atomic E-state index is 5.74. The van der Waals surface area contributed by atoms with Crippen LogP contribution >= 0.6 is 0 Å². The van der Waals surface area contributed by atoms with Gasteiger partial charge in [-0.05, 0) is 30.2 Å². The molecule has 2 N–H and O–H groups in total. The van der Waals surface area contributed by atoms with Gasteiger partial charge in [-0.1, -0.05) is 26.0 Å². The molecule has 2 rings (SSSR count). The van der Waals surface area contributed by atoms with Crippen molar-refractivity contribution in [3.8, 4) is 11.5 Å². The average Bonchev–Trinajstić information content (AvgIpc) is 2.57. The molecule has 4 heteroatoms. The average molecular weight is 314 g/mol. The lowest BCUT2D eigenvalue weighted by Crippen LogP contribution is -2.13. The molecule has 0 aromatic heterocycles. The molecular formula is C19H26N2O2. The maximum Gasteiger partial charge on any atom is 0.121 e. The molecule has 0 aliphatic carbocycles. The van der Waals surface area contributed by atoms with Gasteiger partial charge < -0.3 is 20.1 Å². The molecule has 2 aromatic rings. The molecule has 124 valence electrons. The lowest BCUT2D eigenvalue weighted by atomic mass is 10.2. The first-order chi connectivity index (χ1) is 11.2. The van der Waals surface area contributed by atoms with E-state index in [0.717, 1.165) is 42.6 Å². The number of benzene rings is 2. The van der Waals surface area contributed by atoms with Crippen LogP contribution in [-0.4, -0.2) is 26.8 Å². The van der Waals surface area contributed by atoms with Crippen molar-refractivity contribution in [3.05, 3.63) is 48.5 Å². The van der Waals surface area contributed by atoms with Gasteiger partial charge in [-0.15, -0.1) is 0 Å². The third-order valence-corrected chi connectivity index (χ3v) is 3.27. The Labute approximate surface area is 138 Å². The number of hydrogen-bond donors (Lipinski definition) is 2. The van der Waals surface area contributed by atoms with E-state index in [9.17, 15) is 0 Å². The number of methoxy groups -OCH3 is 1. The zero-order chi connectivity index (χ0) is 16.5. The summed E-state index contributed by atoms with van der Waals surface area (Å²) < 4.78 is 11.0. The van der Waals surface area contributed by atoms with E-state index in [-0.39, 0.29) is 0 Å². The van der Waals surface area contributed by atoms with Crippen molar-refractivity contribution in [1.29, 1.82) is 0 Å². The summed E-state index contributed by atoms with van der Waals surface area (Å²) in [4.78, 5) is 0. The summed E-state index contributed by atoms with van der Waals surface area (Å²) in [5.74, 6) is 2.29. The van der Waals surface area contributed by atoms with Crippen molar-refractivity contribution in [3.63, 3.8) is 0 Å². The molecule has 23 heavy (non-hydrogen) atoms. The lowest BCUT2D eigenvalue weighted by Gasteiger charge is -2.12. The molecule has 0 fully saturated rings. The summed E-state index contributed by atoms with van der Waals surface area (Å²) in [7, 11) is 1.68. The van der Waals surface area contributed by atoms with Crippen molar-refractivity contribution in [2.45, 2.75) is 13.8 Å². The highest BCUT2D eigenvalue weighted by Crippen LogP contribution is 2.18. The van der Waals surface area contributed by atoms with Crippen molar-refractivity contribution >= 4 is 11.4 Å². The monoisotopic (exact) mass is 314 g/mol. The second kappa shape index (κ2) is 8.93. The quantitative estimate of drug-likeness (QED) is 0.679. The van der Waals surface area contributed by atoms with E-state index >= 15 is 0 Å². The zero-order valence-corrected chi connectivity index (χ0v) is 14.1. The van der Waals surface area contributed by atoms with Gasteiger partial charge in [0.2, 0.25) is 0 Å². The van der Waals surface area contributed by atoms with E-state index in [1.165, 1.54) is 0 Å². The second-order valence-electron chi connectivity index (χ2n) is 5.82. The zero-order valence-electron chi connectivity index (χ0n) is 14.1. The summed E-state index contributed by atoms with van der Waals surface area (Å²) in [6, 6.07) is 16.0. The number of ether oxygens (including phenoxy) is 2. The minimum absolute atomic E-state index is 0.527. The molecule has 0 bridgehead atoms. The molecule has 0 aliphatic rings. The molecule has 2 aromatic carbocycles. The van der Waals surface area contributed by atoms with Crippen molar-refractivity contribution in [1.82, 2.24) is 0 Å². The van der Waals surface area contributed by atoms with E-state index in [1.807, 2.05) is 48.5 Å². The minimum atomic E-state index is 0.527. The Balaban J connectivity index is 1.76. The molecule has 0 atom stereocenters. The summed E-state index contributed by atoms with van der Waals surface area (Å²) in [5.41, 5.74) is 2.12. The SMILES string of the molecule is COc1cccc(NCCNc2cccc(OCC(C)C)c2)c1. The van der Waals surface area contributed by atoms with Gasteiger partial charge in [0, 0.05) is 36.6 Å². The third-order valence-electron chi connectivity index (χ3n) is 3.27. The summed E-state index contributed by atoms with van der Waals surface area (Å²) in [6.45, 7) is 6.68. The van der Waals surface area contributed by atoms with Crippen LogP contribution < -0.4 is 20.1 Å². The number of hydrogen-bond acceptors (Lipinski definition) is 4. The van der Waals surface area contributed by atoms with Gasteiger partial charge >= 0.3 is 0 Å². The number of nitrogens with one attached hydrogen (secondary N) is 2. The highest BCUT2D eigenvalue weighted by atomic mass is 16.5. The molecular weight excluding hydrogens is 288 g/mol. The first-order valence-electron chi connectivity index (χ1n) is 8.02. The van der Waals surface area contributed by atoms with Gasteiger partial charge in [0.25, 0.3) is 0 Å². The summed E-state index contributed by atoms with van der Waals surface area (Å²) >= 11 is 0. The first kappa shape index (κ1) is 17.0. The van der Waals surface area contributed by atoms with Crippen LogP contribution in [0.1, 0.15) is 13.8 Å². The van der Waals surface area contributed by atoms with Crippen LogP contribution in [0.4, 0.5) is 11.4 Å². The number of anilines is 2. The van der Waals surface area contributed by atoms with Crippen LogP contribution in [0.15, 0.2) is 48.5 Å². The summed E-state index contributed by atoms with van der Waals surface area (Å²) in [5, 5.41) is 6.77. The van der Waals surface area contributed by atoms with E-state index in [1.54, 1.807) is 7.11 Å². The maximum absolute atomic E-state index is 5.74. The predicted octanol–water partition coefficient (Wildman–Crippen LogP) is 4.25. The van der Waals surface area contributed by atoms with Crippen LogP contribution in [0.25, 0.3) is 0 Å². The topological polar surface area (TPSA) is 42.5 Å². The third kappa shape index (κ3) is 6.10. The smallest absolute Gasteiger partial charge is 0.121 e. The van der Waals surface area contributed by atoms with Crippen molar-refractivity contribution in [2.24, 2.45) is 5.92 Å². The van der Waals surface area contributed by atoms with E-state index < -0.39 is 0 Å². The predicted molar refractivity (Wildman–Crippen MR) is 96.7 cm³/mol. The molecule has 0 radical (unpaired) electrons. The van der Waals surface area contributed by atoms with Crippen LogP contribution in [0.2, 0.25) is 0 Å². The van der Waals surface area contributed by atoms with E-state index in [4.69, 9.17) is 9.47 Å². The van der Waals surface area contributed by atoms with Crippen LogP contribution in [-0.2, 0) is 0 Å². The second-order valence-corrected chi connectivity index (χ2v) is 5.82. The van der Waals surface area contributed by atoms with Crippen LogP contribution in [0, 0.1) is 5.92 Å². The fourth-order valence-electron chi connectivity index (χ4n) is 2.11. The van der Waals surface area contributed by atoms with Crippen LogP contribution in [0.3, 0.4) is 0 Å². The van der Waals surface area contributed by atoms with Gasteiger partial charge in [0.1, 0.15) is 11.5 Å². The molecule has 0 spiro atoms. The van der Waals surface area contributed by atoms with Crippen LogP contribution in [0.5, 0.6) is 11.5 Å². The number of rotatable bonds is 9. The Morgan fingerprint density at radius 2 is 1.43 bits per heavy atom. The van der Waals surface area contributed by atoms with E-state index in [0.29, 0.717) is 5.92 Å². The largest absolute Gasteiger partial charge is 0.497 e. The normalized spacial score (nSPS) is 10.4. The fraction of sp³-hybridized carbons (Fsp3) is 0.368. The fourth-order valence-corrected chi connectivity index (χ4v) is 2.11. The Morgan fingerprint density at radius 3 is 2.00 bits per heavy atom. The van der Waals surface area contributed by atoms with E-state index in [2.05, 4.69) is 24.5 Å². The Morgan fingerprint density at radius 1 is 0.870 bits per heavy atom. The molecule has 0 saturated heterocycles. The van der Waals surface area contributed by atoms with Gasteiger partial charge in [0.15, 0.2) is 0 Å². The molecule has 0 amide bonds. The lowest BCUT2D eigenvalue weighted by molar-refractivity contribution is 0.271. The first-order valence-corrected chi connectivity index (χ1v) is 8.02. The van der Waals surface area contributed by atoms with Gasteiger partial charge in [-0.25, -0.2) is 0 Å². The summed E-state index contributed by atoms with van der Waals surface area (Å²) in [6.07, 6.45) is 0. The molecule has 0 heterocycles. The van der Waals surface area contributed by atoms with Gasteiger partial charge in [0.05, 0.1) is 13.7 Å².